The minimum atomic E-state index is -4.78. The van der Waals surface area contributed by atoms with Crippen LogP contribution in [0.1, 0.15) is 16.1 Å². The largest absolute Gasteiger partial charge is 0.435 e. The molecule has 0 aliphatic carbocycles. The van der Waals surface area contributed by atoms with Gasteiger partial charge in [0.15, 0.2) is 5.69 Å². The molecule has 0 aliphatic rings. The molecule has 0 amide bonds. The zero-order valence-corrected chi connectivity index (χ0v) is 14.7. The molecule has 0 atom stereocenters. The number of rotatable bonds is 4. The van der Waals surface area contributed by atoms with Gasteiger partial charge in [-0.05, 0) is 36.4 Å². The Balaban J connectivity index is 2.02. The number of halogens is 3. The molecular weight excluding hydrogens is 399 g/mol. The lowest BCUT2D eigenvalue weighted by molar-refractivity contribution is -0.141. The average Bonchev–Trinajstić information content (AvgIpc) is 3.06. The normalized spacial score (nSPS) is 12.0. The molecule has 2 aromatic carbocycles. The Hall–Kier alpha value is -3.18. The molecule has 0 bridgehead atoms. The summed E-state index contributed by atoms with van der Waals surface area (Å²) in [6.45, 7) is 0. The van der Waals surface area contributed by atoms with E-state index in [0.717, 1.165) is 16.8 Å². The third-order valence-electron chi connectivity index (χ3n) is 3.58. The van der Waals surface area contributed by atoms with Gasteiger partial charge in [0.1, 0.15) is 0 Å². The van der Waals surface area contributed by atoms with Crippen molar-refractivity contribution in [3.8, 4) is 11.6 Å². The van der Waals surface area contributed by atoms with Gasteiger partial charge in [0, 0.05) is 6.07 Å². The second-order valence-electron chi connectivity index (χ2n) is 5.57. The topological polar surface area (TPSA) is 104 Å². The summed E-state index contributed by atoms with van der Waals surface area (Å²) in [6.07, 6.45) is -4.78. The van der Waals surface area contributed by atoms with Crippen molar-refractivity contribution in [2.75, 3.05) is 0 Å². The van der Waals surface area contributed by atoms with Crippen LogP contribution < -0.4 is 9.88 Å². The molecule has 1 heterocycles. The number of carbonyl (C=O) groups is 1. The highest BCUT2D eigenvalue weighted by Crippen LogP contribution is 2.32. The minimum Gasteiger partial charge on any atom is -0.404 e. The number of ether oxygens (including phenoxy) is 1. The van der Waals surface area contributed by atoms with Crippen molar-refractivity contribution in [1.29, 1.82) is 0 Å². The molecule has 0 unspecified atom stereocenters. The molecule has 1 aromatic heterocycles. The Bertz CT molecular complexity index is 1110. The Labute approximate surface area is 157 Å². The van der Waals surface area contributed by atoms with Gasteiger partial charge >= 0.3 is 12.1 Å². The molecule has 0 fully saturated rings. The first kappa shape index (κ1) is 19.6. The number of carbonyl (C=O) groups excluding carboxylic acids is 1. The Kier molecular flexibility index (Phi) is 4.96. The number of nitrogens with two attached hydrogens (primary N) is 1. The molecule has 146 valence electrons. The zero-order valence-electron chi connectivity index (χ0n) is 13.9. The van der Waals surface area contributed by atoms with Crippen molar-refractivity contribution in [1.82, 2.24) is 9.78 Å². The summed E-state index contributed by atoms with van der Waals surface area (Å²) in [6, 6.07) is 12.8. The van der Waals surface area contributed by atoms with E-state index in [2.05, 4.69) is 5.10 Å². The average molecular weight is 411 g/mol. The number of nitrogens with zero attached hydrogens (tertiary/aromatic N) is 2. The van der Waals surface area contributed by atoms with Crippen molar-refractivity contribution >= 4 is 16.0 Å². The van der Waals surface area contributed by atoms with E-state index in [1.807, 2.05) is 0 Å². The van der Waals surface area contributed by atoms with Crippen LogP contribution in [0.25, 0.3) is 5.69 Å². The van der Waals surface area contributed by atoms with E-state index in [0.29, 0.717) is 6.07 Å². The molecule has 0 saturated carbocycles. The van der Waals surface area contributed by atoms with E-state index in [1.165, 1.54) is 24.3 Å². The second-order valence-corrected chi connectivity index (χ2v) is 7.13. The quantitative estimate of drug-likeness (QED) is 0.665. The maximum absolute atomic E-state index is 13.1. The summed E-state index contributed by atoms with van der Waals surface area (Å²) in [5, 5.41) is 8.42. The number of esters is 1. The lowest BCUT2D eigenvalue weighted by Gasteiger charge is -2.08. The Morgan fingerprint density at radius 2 is 1.64 bits per heavy atom. The maximum atomic E-state index is 13.1. The first-order chi connectivity index (χ1) is 13.1. The molecule has 0 radical (unpaired) electrons. The number of aromatic nitrogens is 2. The van der Waals surface area contributed by atoms with Gasteiger partial charge in [0.2, 0.25) is 15.9 Å². The smallest absolute Gasteiger partial charge is 0.404 e. The lowest BCUT2D eigenvalue weighted by atomic mass is 10.2. The molecule has 0 aliphatic heterocycles. The first-order valence-electron chi connectivity index (χ1n) is 7.63. The predicted octanol–water partition coefficient (Wildman–Crippen LogP) is 2.76. The van der Waals surface area contributed by atoms with Crippen molar-refractivity contribution in [3.63, 3.8) is 0 Å². The van der Waals surface area contributed by atoms with Crippen LogP contribution in [0.15, 0.2) is 65.6 Å². The first-order valence-corrected chi connectivity index (χ1v) is 9.18. The van der Waals surface area contributed by atoms with Crippen LogP contribution in [-0.2, 0) is 16.2 Å². The molecule has 0 saturated heterocycles. The van der Waals surface area contributed by atoms with Gasteiger partial charge in [-0.15, -0.1) is 0 Å². The summed E-state index contributed by atoms with van der Waals surface area (Å²) in [5.41, 5.74) is -1.11. The van der Waals surface area contributed by atoms with Gasteiger partial charge in [-0.1, -0.05) is 18.2 Å². The van der Waals surface area contributed by atoms with Gasteiger partial charge in [0.05, 0.1) is 16.1 Å². The van der Waals surface area contributed by atoms with E-state index in [9.17, 15) is 26.4 Å². The third kappa shape index (κ3) is 4.21. The van der Waals surface area contributed by atoms with E-state index in [-0.39, 0.29) is 16.1 Å². The predicted molar refractivity (Wildman–Crippen MR) is 91.3 cm³/mol. The van der Waals surface area contributed by atoms with Crippen molar-refractivity contribution in [3.05, 3.63) is 71.9 Å². The number of hydrogen-bond donors (Lipinski definition) is 1. The fourth-order valence-corrected chi connectivity index (χ4v) is 2.78. The standard InChI is InChI=1S/C17H12F3N3O4S/c18-17(19,20)14-10-15(27-16(24)11-4-2-1-3-5-11)23(22-14)12-6-8-13(9-7-12)28(21,25)26/h1-10H,(H2,21,25,26). The molecule has 2 N–H and O–H groups in total. The van der Waals surface area contributed by atoms with E-state index in [4.69, 9.17) is 9.88 Å². The van der Waals surface area contributed by atoms with Crippen molar-refractivity contribution in [2.45, 2.75) is 11.1 Å². The summed E-state index contributed by atoms with van der Waals surface area (Å²) in [5.74, 6) is -1.36. The zero-order chi connectivity index (χ0) is 20.5. The molecular formula is C17H12F3N3O4S. The fraction of sp³-hybridized carbons (Fsp3) is 0.0588. The molecule has 0 spiro atoms. The molecule has 3 aromatic rings. The van der Waals surface area contributed by atoms with Gasteiger partial charge in [-0.25, -0.2) is 23.0 Å². The highest BCUT2D eigenvalue weighted by atomic mass is 32.2. The van der Waals surface area contributed by atoms with Crippen molar-refractivity contribution in [2.24, 2.45) is 5.14 Å². The monoisotopic (exact) mass is 411 g/mol. The van der Waals surface area contributed by atoms with Gasteiger partial charge in [-0.3, -0.25) is 0 Å². The third-order valence-corrected chi connectivity index (χ3v) is 4.51. The van der Waals surface area contributed by atoms with E-state index < -0.39 is 33.7 Å². The van der Waals surface area contributed by atoms with E-state index in [1.54, 1.807) is 18.2 Å². The Morgan fingerprint density at radius 3 is 2.18 bits per heavy atom. The fourth-order valence-electron chi connectivity index (χ4n) is 2.27. The van der Waals surface area contributed by atoms with Crippen LogP contribution in [-0.4, -0.2) is 24.2 Å². The van der Waals surface area contributed by atoms with E-state index >= 15 is 0 Å². The molecule has 7 nitrogen and oxygen atoms in total. The van der Waals surface area contributed by atoms with Crippen LogP contribution in [0.5, 0.6) is 5.88 Å². The molecule has 11 heteroatoms. The number of sulfonamides is 1. The summed E-state index contributed by atoms with van der Waals surface area (Å²) >= 11 is 0. The summed E-state index contributed by atoms with van der Waals surface area (Å²) in [7, 11) is -3.98. The van der Waals surface area contributed by atoms with Crippen LogP contribution in [0.4, 0.5) is 13.2 Å². The Morgan fingerprint density at radius 1 is 1.04 bits per heavy atom. The van der Waals surface area contributed by atoms with Crippen molar-refractivity contribution < 1.29 is 31.1 Å². The van der Waals surface area contributed by atoms with Gasteiger partial charge in [-0.2, -0.15) is 18.3 Å². The summed E-state index contributed by atoms with van der Waals surface area (Å²) < 4.78 is 67.7. The van der Waals surface area contributed by atoms with Gasteiger partial charge in [0.25, 0.3) is 0 Å². The highest BCUT2D eigenvalue weighted by molar-refractivity contribution is 7.89. The maximum Gasteiger partial charge on any atom is 0.435 e. The van der Waals surface area contributed by atoms with Crippen LogP contribution in [0, 0.1) is 0 Å². The lowest BCUT2D eigenvalue weighted by Crippen LogP contribution is -2.13. The minimum absolute atomic E-state index is 0.0405. The highest BCUT2D eigenvalue weighted by Gasteiger charge is 2.36. The van der Waals surface area contributed by atoms with Crippen LogP contribution >= 0.6 is 0 Å². The van der Waals surface area contributed by atoms with Crippen LogP contribution in [0.3, 0.4) is 0 Å². The SMILES string of the molecule is NS(=O)(=O)c1ccc(-n2nc(C(F)(F)F)cc2OC(=O)c2ccccc2)cc1. The van der Waals surface area contributed by atoms with Gasteiger partial charge < -0.3 is 4.74 Å². The number of benzene rings is 2. The molecule has 28 heavy (non-hydrogen) atoms. The van der Waals surface area contributed by atoms with Crippen LogP contribution in [0.2, 0.25) is 0 Å². The molecule has 3 rings (SSSR count). The number of primary sulfonamides is 1. The summed E-state index contributed by atoms with van der Waals surface area (Å²) in [4.78, 5) is 12.0. The number of hydrogen-bond acceptors (Lipinski definition) is 5. The second kappa shape index (κ2) is 7.09. The number of alkyl halides is 3.